The van der Waals surface area contributed by atoms with E-state index in [0.717, 1.165) is 5.69 Å². The van der Waals surface area contributed by atoms with Crippen LogP contribution in [0.2, 0.25) is 0 Å². The van der Waals surface area contributed by atoms with E-state index in [4.69, 9.17) is 8.83 Å². The Morgan fingerprint density at radius 2 is 1.84 bits per heavy atom. The maximum Gasteiger partial charge on any atom is 0.347 e. The molecule has 0 atom stereocenters. The van der Waals surface area contributed by atoms with E-state index in [1.54, 1.807) is 13.0 Å². The van der Waals surface area contributed by atoms with Crippen LogP contribution in [0.15, 0.2) is 36.6 Å². The zero-order valence-corrected chi connectivity index (χ0v) is 10.3. The van der Waals surface area contributed by atoms with Gasteiger partial charge >= 0.3 is 11.3 Å². The fourth-order valence-corrected chi connectivity index (χ4v) is 1.90. The van der Waals surface area contributed by atoms with Gasteiger partial charge in [-0.25, -0.2) is 9.59 Å². The Kier molecular flexibility index (Phi) is 2.38. The summed E-state index contributed by atoms with van der Waals surface area (Å²) in [4.78, 5) is 23.7. The van der Waals surface area contributed by atoms with E-state index in [-0.39, 0.29) is 16.5 Å². The number of aromatic nitrogens is 2. The summed E-state index contributed by atoms with van der Waals surface area (Å²) in [6, 6.07) is 4.66. The van der Waals surface area contributed by atoms with Gasteiger partial charge in [-0.1, -0.05) is 0 Å². The number of nitrogens with one attached hydrogen (secondary N) is 1. The highest BCUT2D eigenvalue weighted by molar-refractivity contribution is 5.79. The molecule has 3 aromatic heterocycles. The third-order valence-corrected chi connectivity index (χ3v) is 2.77. The van der Waals surface area contributed by atoms with Crippen LogP contribution in [-0.4, -0.2) is 10.2 Å². The predicted octanol–water partition coefficient (Wildman–Crippen LogP) is 1.75. The average Bonchev–Trinajstić information content (AvgIpc) is 2.74. The van der Waals surface area contributed by atoms with Crippen molar-refractivity contribution in [2.75, 3.05) is 0 Å². The van der Waals surface area contributed by atoms with Crippen molar-refractivity contribution in [3.8, 4) is 11.3 Å². The Morgan fingerprint density at radius 3 is 2.53 bits per heavy atom. The molecule has 3 aromatic rings. The van der Waals surface area contributed by atoms with E-state index in [0.29, 0.717) is 11.5 Å². The van der Waals surface area contributed by atoms with Crippen molar-refractivity contribution in [3.63, 3.8) is 0 Å². The van der Waals surface area contributed by atoms with Crippen molar-refractivity contribution in [2.24, 2.45) is 0 Å². The molecule has 0 unspecified atom stereocenters. The molecule has 0 amide bonds. The smallest absolute Gasteiger partial charge is 0.347 e. The maximum atomic E-state index is 11.9. The lowest BCUT2D eigenvalue weighted by Gasteiger charge is -1.99. The van der Waals surface area contributed by atoms with Crippen LogP contribution >= 0.6 is 0 Å². The zero-order chi connectivity index (χ0) is 13.6. The minimum Gasteiger partial charge on any atom is -0.428 e. The Labute approximate surface area is 106 Å². The zero-order valence-electron chi connectivity index (χ0n) is 10.3. The van der Waals surface area contributed by atoms with Gasteiger partial charge in [-0.05, 0) is 26.0 Å². The summed E-state index contributed by atoms with van der Waals surface area (Å²) in [6.07, 6.45) is 0. The van der Waals surface area contributed by atoms with Crippen LogP contribution < -0.4 is 11.3 Å². The number of nitrogens with zero attached hydrogens (tertiary/aromatic N) is 1. The maximum absolute atomic E-state index is 11.9. The van der Waals surface area contributed by atoms with Gasteiger partial charge in [0.2, 0.25) is 0 Å². The number of aromatic amines is 1. The molecular formula is C13H10N2O4. The Morgan fingerprint density at radius 1 is 1.05 bits per heavy atom. The fraction of sp³-hybridized carbons (Fsp3) is 0.154. The van der Waals surface area contributed by atoms with Crippen molar-refractivity contribution in [1.82, 2.24) is 10.2 Å². The van der Waals surface area contributed by atoms with Gasteiger partial charge in [0.15, 0.2) is 0 Å². The highest BCUT2D eigenvalue weighted by Gasteiger charge is 2.13. The highest BCUT2D eigenvalue weighted by atomic mass is 16.4. The summed E-state index contributed by atoms with van der Waals surface area (Å²) in [6.45, 7) is 3.43. The third kappa shape index (κ3) is 1.87. The first-order valence-electron chi connectivity index (χ1n) is 5.65. The van der Waals surface area contributed by atoms with E-state index in [9.17, 15) is 9.59 Å². The SMILES string of the molecule is Cc1cc(-c2cc3c(=O)oc(C)cc3oc2=O)n[nH]1. The molecule has 3 rings (SSSR count). The first-order chi connectivity index (χ1) is 9.04. The molecule has 0 aliphatic rings. The number of H-pyrrole nitrogens is 1. The van der Waals surface area contributed by atoms with Crippen LogP contribution in [0.5, 0.6) is 0 Å². The predicted molar refractivity (Wildman–Crippen MR) is 68.1 cm³/mol. The van der Waals surface area contributed by atoms with E-state index >= 15 is 0 Å². The molecule has 0 fully saturated rings. The molecule has 6 nitrogen and oxygen atoms in total. The topological polar surface area (TPSA) is 89.1 Å². The van der Waals surface area contributed by atoms with E-state index in [2.05, 4.69) is 10.2 Å². The molecule has 0 spiro atoms. The number of hydrogen-bond acceptors (Lipinski definition) is 5. The number of aryl methyl sites for hydroxylation is 2. The van der Waals surface area contributed by atoms with Gasteiger partial charge in [-0.15, -0.1) is 0 Å². The molecule has 0 saturated heterocycles. The molecular weight excluding hydrogens is 248 g/mol. The van der Waals surface area contributed by atoms with Crippen LogP contribution in [0.25, 0.3) is 22.2 Å². The molecule has 0 aliphatic heterocycles. The molecule has 0 bridgehead atoms. The molecule has 96 valence electrons. The third-order valence-electron chi connectivity index (χ3n) is 2.77. The van der Waals surface area contributed by atoms with Crippen LogP contribution in [0.4, 0.5) is 0 Å². The van der Waals surface area contributed by atoms with Crippen molar-refractivity contribution < 1.29 is 8.83 Å². The van der Waals surface area contributed by atoms with Crippen molar-refractivity contribution in [1.29, 1.82) is 0 Å². The summed E-state index contributed by atoms with van der Waals surface area (Å²) >= 11 is 0. The van der Waals surface area contributed by atoms with E-state index in [1.807, 2.05) is 6.92 Å². The average molecular weight is 258 g/mol. The Hall–Kier alpha value is -2.63. The lowest BCUT2D eigenvalue weighted by Crippen LogP contribution is -2.08. The summed E-state index contributed by atoms with van der Waals surface area (Å²) in [5.41, 5.74) is 0.623. The summed E-state index contributed by atoms with van der Waals surface area (Å²) in [7, 11) is 0. The lowest BCUT2D eigenvalue weighted by molar-refractivity contribution is 0.479. The van der Waals surface area contributed by atoms with Crippen molar-refractivity contribution in [3.05, 3.63) is 50.5 Å². The largest absolute Gasteiger partial charge is 0.428 e. The Balaban J connectivity index is 2.37. The van der Waals surface area contributed by atoms with Crippen LogP contribution in [0.3, 0.4) is 0 Å². The Bertz CT molecular complexity index is 886. The van der Waals surface area contributed by atoms with Crippen LogP contribution in [0, 0.1) is 13.8 Å². The van der Waals surface area contributed by atoms with Gasteiger partial charge in [0.25, 0.3) is 0 Å². The monoisotopic (exact) mass is 258 g/mol. The van der Waals surface area contributed by atoms with Crippen LogP contribution in [0.1, 0.15) is 11.5 Å². The molecule has 1 N–H and O–H groups in total. The van der Waals surface area contributed by atoms with Crippen LogP contribution in [-0.2, 0) is 0 Å². The number of fused-ring (bicyclic) bond motifs is 1. The van der Waals surface area contributed by atoms with Gasteiger partial charge in [0.1, 0.15) is 16.7 Å². The first kappa shape index (κ1) is 11.5. The molecule has 3 heterocycles. The summed E-state index contributed by atoms with van der Waals surface area (Å²) in [5, 5.41) is 6.94. The fourth-order valence-electron chi connectivity index (χ4n) is 1.90. The minimum absolute atomic E-state index is 0.217. The molecule has 0 radical (unpaired) electrons. The highest BCUT2D eigenvalue weighted by Crippen LogP contribution is 2.18. The first-order valence-corrected chi connectivity index (χ1v) is 5.65. The molecule has 0 aromatic carbocycles. The second-order valence-electron chi connectivity index (χ2n) is 4.31. The van der Waals surface area contributed by atoms with E-state index < -0.39 is 11.3 Å². The van der Waals surface area contributed by atoms with Crippen molar-refractivity contribution >= 4 is 11.0 Å². The summed E-state index contributed by atoms with van der Waals surface area (Å²) in [5.74, 6) is 0.393. The minimum atomic E-state index is -0.538. The lowest BCUT2D eigenvalue weighted by atomic mass is 10.1. The molecule has 0 saturated carbocycles. The summed E-state index contributed by atoms with van der Waals surface area (Å²) < 4.78 is 10.1. The van der Waals surface area contributed by atoms with Gasteiger partial charge in [0.05, 0.1) is 11.3 Å². The molecule has 19 heavy (non-hydrogen) atoms. The van der Waals surface area contributed by atoms with Gasteiger partial charge in [-0.3, -0.25) is 5.10 Å². The van der Waals surface area contributed by atoms with Crippen molar-refractivity contribution in [2.45, 2.75) is 13.8 Å². The van der Waals surface area contributed by atoms with Gasteiger partial charge < -0.3 is 8.83 Å². The second-order valence-corrected chi connectivity index (χ2v) is 4.31. The quantitative estimate of drug-likeness (QED) is 0.718. The molecule has 6 heteroatoms. The van der Waals surface area contributed by atoms with Gasteiger partial charge in [0, 0.05) is 11.8 Å². The number of hydrogen-bond donors (Lipinski definition) is 1. The number of rotatable bonds is 1. The van der Waals surface area contributed by atoms with E-state index in [1.165, 1.54) is 12.1 Å². The standard InChI is InChI=1S/C13H10N2O4/c1-6-3-10(15-14-6)8-5-9-11(19-12(8)16)4-7(2)18-13(9)17/h3-5H,1-2H3,(H,14,15). The van der Waals surface area contributed by atoms with Gasteiger partial charge in [-0.2, -0.15) is 5.10 Å². The molecule has 0 aliphatic carbocycles. The second kappa shape index (κ2) is 3.94. The normalized spacial score (nSPS) is 11.1.